The predicted octanol–water partition coefficient (Wildman–Crippen LogP) is 3.23. The summed E-state index contributed by atoms with van der Waals surface area (Å²) in [6.07, 6.45) is 2.71. The molecule has 1 aromatic carbocycles. The first-order valence-corrected chi connectivity index (χ1v) is 8.31. The number of unbranched alkanes of at least 4 members (excludes halogenated alkanes) is 1. The van der Waals surface area contributed by atoms with E-state index in [-0.39, 0.29) is 0 Å². The highest BCUT2D eigenvalue weighted by Crippen LogP contribution is 2.23. The summed E-state index contributed by atoms with van der Waals surface area (Å²) in [6.45, 7) is 10.7. The molecule has 0 aliphatic carbocycles. The molecule has 1 heterocycles. The van der Waals surface area contributed by atoms with Gasteiger partial charge in [-0.05, 0) is 45.7 Å². The molecule has 1 saturated heterocycles. The number of piperazine rings is 1. The zero-order chi connectivity index (χ0) is 15.1. The summed E-state index contributed by atoms with van der Waals surface area (Å²) in [5.41, 5.74) is 1.43. The standard InChI is InChI=1S/C18H30N2O/c1-15(2)21-12-8-7-11-20-14-16(3)19-13-18(20)17-9-5-4-6-10-17/h4-6,9-10,15-16,18-19H,7-8,11-14H2,1-3H3. The van der Waals surface area contributed by atoms with Gasteiger partial charge < -0.3 is 10.1 Å². The van der Waals surface area contributed by atoms with E-state index in [1.54, 1.807) is 0 Å². The van der Waals surface area contributed by atoms with Crippen LogP contribution in [0.15, 0.2) is 30.3 Å². The summed E-state index contributed by atoms with van der Waals surface area (Å²) in [5, 5.41) is 3.61. The van der Waals surface area contributed by atoms with Crippen LogP contribution in [0, 0.1) is 0 Å². The summed E-state index contributed by atoms with van der Waals surface area (Å²) in [5.74, 6) is 0. The molecule has 0 saturated carbocycles. The topological polar surface area (TPSA) is 24.5 Å². The van der Waals surface area contributed by atoms with Crippen molar-refractivity contribution >= 4 is 0 Å². The molecule has 3 heteroatoms. The van der Waals surface area contributed by atoms with Gasteiger partial charge in [0.05, 0.1) is 6.10 Å². The van der Waals surface area contributed by atoms with Crippen molar-refractivity contribution < 1.29 is 4.74 Å². The molecule has 0 spiro atoms. The Balaban J connectivity index is 1.84. The second-order valence-electron chi connectivity index (χ2n) is 6.36. The minimum atomic E-state index is 0.348. The second-order valence-corrected chi connectivity index (χ2v) is 6.36. The molecule has 1 aliphatic heterocycles. The third-order valence-electron chi connectivity index (χ3n) is 4.08. The Morgan fingerprint density at radius 1 is 1.24 bits per heavy atom. The number of hydrogen-bond acceptors (Lipinski definition) is 3. The summed E-state index contributed by atoms with van der Waals surface area (Å²) in [6, 6.07) is 12.0. The lowest BCUT2D eigenvalue weighted by Gasteiger charge is -2.39. The van der Waals surface area contributed by atoms with Crippen LogP contribution in [-0.2, 0) is 4.74 Å². The van der Waals surface area contributed by atoms with E-state index < -0.39 is 0 Å². The molecule has 21 heavy (non-hydrogen) atoms. The average Bonchev–Trinajstić information content (AvgIpc) is 2.47. The highest BCUT2D eigenvalue weighted by atomic mass is 16.5. The molecule has 0 radical (unpaired) electrons. The third-order valence-corrected chi connectivity index (χ3v) is 4.08. The number of rotatable bonds is 7. The fourth-order valence-corrected chi connectivity index (χ4v) is 2.97. The number of hydrogen-bond donors (Lipinski definition) is 1. The quantitative estimate of drug-likeness (QED) is 0.780. The fourth-order valence-electron chi connectivity index (χ4n) is 2.97. The Hall–Kier alpha value is -0.900. The maximum absolute atomic E-state index is 5.63. The first kappa shape index (κ1) is 16.5. The zero-order valence-corrected chi connectivity index (χ0v) is 13.7. The van der Waals surface area contributed by atoms with Gasteiger partial charge in [0, 0.05) is 31.8 Å². The van der Waals surface area contributed by atoms with Crippen LogP contribution in [0.1, 0.15) is 45.2 Å². The molecule has 3 nitrogen and oxygen atoms in total. The Morgan fingerprint density at radius 3 is 2.71 bits per heavy atom. The van der Waals surface area contributed by atoms with Crippen LogP contribution in [0.25, 0.3) is 0 Å². The van der Waals surface area contributed by atoms with E-state index in [1.807, 2.05) is 0 Å². The van der Waals surface area contributed by atoms with Gasteiger partial charge in [0.2, 0.25) is 0 Å². The molecule has 1 aliphatic rings. The van der Waals surface area contributed by atoms with Crippen LogP contribution in [0.5, 0.6) is 0 Å². The zero-order valence-electron chi connectivity index (χ0n) is 13.7. The average molecular weight is 290 g/mol. The van der Waals surface area contributed by atoms with Gasteiger partial charge in [0.25, 0.3) is 0 Å². The molecule has 0 amide bonds. The molecule has 2 unspecified atom stereocenters. The van der Waals surface area contributed by atoms with Crippen LogP contribution >= 0.6 is 0 Å². The molecule has 0 aromatic heterocycles. The largest absolute Gasteiger partial charge is 0.379 e. The van der Waals surface area contributed by atoms with Gasteiger partial charge in [-0.15, -0.1) is 0 Å². The molecule has 118 valence electrons. The first-order valence-electron chi connectivity index (χ1n) is 8.31. The predicted molar refractivity (Wildman–Crippen MR) is 88.5 cm³/mol. The van der Waals surface area contributed by atoms with Crippen molar-refractivity contribution in [2.24, 2.45) is 0 Å². The van der Waals surface area contributed by atoms with E-state index >= 15 is 0 Å². The Morgan fingerprint density at radius 2 is 2.00 bits per heavy atom. The third kappa shape index (κ3) is 5.42. The van der Waals surface area contributed by atoms with Gasteiger partial charge in [-0.1, -0.05) is 30.3 Å². The molecule has 0 bridgehead atoms. The van der Waals surface area contributed by atoms with E-state index in [0.29, 0.717) is 18.2 Å². The van der Waals surface area contributed by atoms with Crippen LogP contribution in [0.3, 0.4) is 0 Å². The normalized spacial score (nSPS) is 23.6. The van der Waals surface area contributed by atoms with Crippen molar-refractivity contribution in [2.45, 2.75) is 51.8 Å². The van der Waals surface area contributed by atoms with Crippen molar-refractivity contribution in [3.63, 3.8) is 0 Å². The highest BCUT2D eigenvalue weighted by Gasteiger charge is 2.26. The van der Waals surface area contributed by atoms with Gasteiger partial charge in [-0.25, -0.2) is 0 Å². The maximum atomic E-state index is 5.63. The Bertz CT molecular complexity index is 393. The molecule has 2 rings (SSSR count). The van der Waals surface area contributed by atoms with Gasteiger partial charge in [-0.2, -0.15) is 0 Å². The summed E-state index contributed by atoms with van der Waals surface area (Å²) < 4.78 is 5.63. The number of benzene rings is 1. The molecular weight excluding hydrogens is 260 g/mol. The number of nitrogens with zero attached hydrogens (tertiary/aromatic N) is 1. The van der Waals surface area contributed by atoms with Crippen molar-refractivity contribution in [1.29, 1.82) is 0 Å². The molecule has 1 fully saturated rings. The number of nitrogens with one attached hydrogen (secondary N) is 1. The lowest BCUT2D eigenvalue weighted by atomic mass is 10.0. The van der Waals surface area contributed by atoms with Crippen LogP contribution < -0.4 is 5.32 Å². The highest BCUT2D eigenvalue weighted by molar-refractivity contribution is 5.20. The molecule has 1 aromatic rings. The van der Waals surface area contributed by atoms with E-state index in [1.165, 1.54) is 12.0 Å². The fraction of sp³-hybridized carbons (Fsp3) is 0.667. The van der Waals surface area contributed by atoms with Gasteiger partial charge in [0.15, 0.2) is 0 Å². The first-order chi connectivity index (χ1) is 10.2. The van der Waals surface area contributed by atoms with Crippen molar-refractivity contribution in [1.82, 2.24) is 10.2 Å². The maximum Gasteiger partial charge on any atom is 0.0518 e. The molecule has 2 atom stereocenters. The second kappa shape index (κ2) is 8.52. The van der Waals surface area contributed by atoms with Gasteiger partial charge >= 0.3 is 0 Å². The van der Waals surface area contributed by atoms with E-state index in [0.717, 1.165) is 32.7 Å². The van der Waals surface area contributed by atoms with Gasteiger partial charge in [-0.3, -0.25) is 4.90 Å². The van der Waals surface area contributed by atoms with Crippen molar-refractivity contribution in [2.75, 3.05) is 26.2 Å². The summed E-state index contributed by atoms with van der Waals surface area (Å²) in [7, 11) is 0. The smallest absolute Gasteiger partial charge is 0.0518 e. The number of ether oxygens (including phenoxy) is 1. The lowest BCUT2D eigenvalue weighted by molar-refractivity contribution is 0.0704. The van der Waals surface area contributed by atoms with Gasteiger partial charge in [0.1, 0.15) is 0 Å². The summed E-state index contributed by atoms with van der Waals surface area (Å²) in [4.78, 5) is 2.63. The minimum absolute atomic E-state index is 0.348. The molecular formula is C18H30N2O. The minimum Gasteiger partial charge on any atom is -0.379 e. The van der Waals surface area contributed by atoms with Crippen molar-refractivity contribution in [3.8, 4) is 0 Å². The van der Waals surface area contributed by atoms with Crippen molar-refractivity contribution in [3.05, 3.63) is 35.9 Å². The Labute approximate surface area is 129 Å². The summed E-state index contributed by atoms with van der Waals surface area (Å²) >= 11 is 0. The van der Waals surface area contributed by atoms with Crippen LogP contribution in [-0.4, -0.2) is 43.3 Å². The molecule has 1 N–H and O–H groups in total. The van der Waals surface area contributed by atoms with Crippen LogP contribution in [0.2, 0.25) is 0 Å². The lowest BCUT2D eigenvalue weighted by Crippen LogP contribution is -2.51. The van der Waals surface area contributed by atoms with E-state index in [2.05, 4.69) is 61.3 Å². The van der Waals surface area contributed by atoms with E-state index in [4.69, 9.17) is 4.74 Å². The Kier molecular flexibility index (Phi) is 6.68. The van der Waals surface area contributed by atoms with E-state index in [9.17, 15) is 0 Å². The SMILES string of the molecule is CC1CN(CCCCOC(C)C)C(c2ccccc2)CN1. The monoisotopic (exact) mass is 290 g/mol. The van der Waals surface area contributed by atoms with Crippen LogP contribution in [0.4, 0.5) is 0 Å².